The van der Waals surface area contributed by atoms with Gasteiger partial charge in [0.25, 0.3) is 0 Å². The Labute approximate surface area is 120 Å². The summed E-state index contributed by atoms with van der Waals surface area (Å²) < 4.78 is 13.6. The standard InChI is InChI=1S/C14H12Cl2FNO/c15-10-5-9(6-11(16)7-10)14(8-19)18-13-4-2-1-3-12(13)17/h1-7,14,18-19H,8H2. The van der Waals surface area contributed by atoms with Crippen LogP contribution in [0.3, 0.4) is 0 Å². The predicted molar refractivity (Wildman–Crippen MR) is 76.3 cm³/mol. The van der Waals surface area contributed by atoms with Gasteiger partial charge in [-0.1, -0.05) is 35.3 Å². The topological polar surface area (TPSA) is 32.3 Å². The average Bonchev–Trinajstić information content (AvgIpc) is 2.36. The zero-order valence-electron chi connectivity index (χ0n) is 9.91. The third-order valence-corrected chi connectivity index (χ3v) is 3.11. The Balaban J connectivity index is 2.28. The first-order valence-corrected chi connectivity index (χ1v) is 6.43. The average molecular weight is 300 g/mol. The highest BCUT2D eigenvalue weighted by Gasteiger charge is 2.13. The van der Waals surface area contributed by atoms with Crippen LogP contribution in [0, 0.1) is 5.82 Å². The maximum Gasteiger partial charge on any atom is 0.146 e. The molecule has 2 aromatic carbocycles. The molecule has 0 aliphatic rings. The van der Waals surface area contributed by atoms with Gasteiger partial charge in [0.2, 0.25) is 0 Å². The Morgan fingerprint density at radius 3 is 2.32 bits per heavy atom. The van der Waals surface area contributed by atoms with Gasteiger partial charge in [0.15, 0.2) is 0 Å². The molecular formula is C14H12Cl2FNO. The molecular weight excluding hydrogens is 288 g/mol. The van der Waals surface area contributed by atoms with Crippen molar-refractivity contribution in [1.82, 2.24) is 0 Å². The van der Waals surface area contributed by atoms with Gasteiger partial charge in [-0.2, -0.15) is 0 Å². The first-order valence-electron chi connectivity index (χ1n) is 5.68. The summed E-state index contributed by atoms with van der Waals surface area (Å²) in [5, 5.41) is 13.3. The van der Waals surface area contributed by atoms with Crippen molar-refractivity contribution >= 4 is 28.9 Å². The van der Waals surface area contributed by atoms with E-state index in [1.807, 2.05) is 0 Å². The van der Waals surface area contributed by atoms with E-state index in [-0.39, 0.29) is 12.4 Å². The molecule has 0 aliphatic carbocycles. The molecule has 0 amide bonds. The first-order chi connectivity index (χ1) is 9.10. The van der Waals surface area contributed by atoms with E-state index in [1.165, 1.54) is 6.07 Å². The molecule has 0 fully saturated rings. The SMILES string of the molecule is OCC(Nc1ccccc1F)c1cc(Cl)cc(Cl)c1. The predicted octanol–water partition coefficient (Wildman–Crippen LogP) is 4.28. The van der Waals surface area contributed by atoms with E-state index in [0.717, 1.165) is 0 Å². The van der Waals surface area contributed by atoms with Gasteiger partial charge in [0.1, 0.15) is 5.82 Å². The second kappa shape index (κ2) is 6.24. The maximum absolute atomic E-state index is 13.6. The van der Waals surface area contributed by atoms with Gasteiger partial charge < -0.3 is 10.4 Å². The van der Waals surface area contributed by atoms with Gasteiger partial charge in [0.05, 0.1) is 18.3 Å². The van der Waals surface area contributed by atoms with E-state index >= 15 is 0 Å². The molecule has 0 radical (unpaired) electrons. The summed E-state index contributed by atoms with van der Waals surface area (Å²) in [7, 11) is 0. The van der Waals surface area contributed by atoms with Gasteiger partial charge in [0, 0.05) is 10.0 Å². The lowest BCUT2D eigenvalue weighted by Crippen LogP contribution is -2.15. The molecule has 0 bridgehead atoms. The third-order valence-electron chi connectivity index (χ3n) is 2.67. The van der Waals surface area contributed by atoms with Crippen molar-refractivity contribution in [2.24, 2.45) is 0 Å². The van der Waals surface area contributed by atoms with Crippen LogP contribution in [0.2, 0.25) is 10.0 Å². The molecule has 19 heavy (non-hydrogen) atoms. The van der Waals surface area contributed by atoms with Crippen LogP contribution in [0.5, 0.6) is 0 Å². The molecule has 0 saturated carbocycles. The lowest BCUT2D eigenvalue weighted by atomic mass is 10.1. The van der Waals surface area contributed by atoms with Gasteiger partial charge in [-0.3, -0.25) is 0 Å². The molecule has 1 unspecified atom stereocenters. The number of hydrogen-bond donors (Lipinski definition) is 2. The molecule has 0 aliphatic heterocycles. The Hall–Kier alpha value is -1.29. The summed E-state index contributed by atoms with van der Waals surface area (Å²) >= 11 is 11.8. The summed E-state index contributed by atoms with van der Waals surface area (Å²) in [6.07, 6.45) is 0. The van der Waals surface area contributed by atoms with Crippen LogP contribution >= 0.6 is 23.2 Å². The summed E-state index contributed by atoms with van der Waals surface area (Å²) in [5.41, 5.74) is 1.01. The minimum atomic E-state index is -0.479. The fourth-order valence-corrected chi connectivity index (χ4v) is 2.32. The molecule has 2 rings (SSSR count). The number of halogens is 3. The van der Waals surface area contributed by atoms with Gasteiger partial charge in [-0.15, -0.1) is 0 Å². The zero-order chi connectivity index (χ0) is 13.8. The normalized spacial score (nSPS) is 12.2. The van der Waals surface area contributed by atoms with E-state index in [0.29, 0.717) is 21.3 Å². The van der Waals surface area contributed by atoms with Crippen molar-refractivity contribution < 1.29 is 9.50 Å². The number of benzene rings is 2. The van der Waals surface area contributed by atoms with Crippen molar-refractivity contribution in [2.75, 3.05) is 11.9 Å². The van der Waals surface area contributed by atoms with Gasteiger partial charge >= 0.3 is 0 Å². The summed E-state index contributed by atoms with van der Waals surface area (Å²) in [6, 6.07) is 10.8. The third kappa shape index (κ3) is 3.60. The lowest BCUT2D eigenvalue weighted by molar-refractivity contribution is 0.276. The van der Waals surface area contributed by atoms with E-state index < -0.39 is 6.04 Å². The number of nitrogens with one attached hydrogen (secondary N) is 1. The Bertz CT molecular complexity index is 557. The molecule has 2 aromatic rings. The number of anilines is 1. The smallest absolute Gasteiger partial charge is 0.146 e. The lowest BCUT2D eigenvalue weighted by Gasteiger charge is -2.19. The highest BCUT2D eigenvalue weighted by Crippen LogP contribution is 2.26. The second-order valence-electron chi connectivity index (χ2n) is 4.06. The summed E-state index contributed by atoms with van der Waals surface area (Å²) in [6.45, 7) is -0.203. The number of aliphatic hydroxyl groups excluding tert-OH is 1. The molecule has 0 saturated heterocycles. The van der Waals surface area contributed by atoms with Gasteiger partial charge in [-0.05, 0) is 35.9 Å². The number of rotatable bonds is 4. The van der Waals surface area contributed by atoms with Gasteiger partial charge in [-0.25, -0.2) is 4.39 Å². The molecule has 2 nitrogen and oxygen atoms in total. The highest BCUT2D eigenvalue weighted by molar-refractivity contribution is 6.34. The maximum atomic E-state index is 13.6. The van der Waals surface area contributed by atoms with Crippen LogP contribution in [0.4, 0.5) is 10.1 Å². The van der Waals surface area contributed by atoms with E-state index in [9.17, 15) is 9.50 Å². The number of hydrogen-bond acceptors (Lipinski definition) is 2. The first kappa shape index (κ1) is 14.1. The van der Waals surface area contributed by atoms with Crippen molar-refractivity contribution in [2.45, 2.75) is 6.04 Å². The Morgan fingerprint density at radius 2 is 1.74 bits per heavy atom. The van der Waals surface area contributed by atoms with Crippen molar-refractivity contribution in [3.05, 3.63) is 63.9 Å². The van der Waals surface area contributed by atoms with E-state index in [4.69, 9.17) is 23.2 Å². The zero-order valence-corrected chi connectivity index (χ0v) is 11.4. The van der Waals surface area contributed by atoms with E-state index in [1.54, 1.807) is 36.4 Å². The minimum absolute atomic E-state index is 0.203. The van der Waals surface area contributed by atoms with Crippen LogP contribution in [-0.4, -0.2) is 11.7 Å². The Morgan fingerprint density at radius 1 is 1.11 bits per heavy atom. The largest absolute Gasteiger partial charge is 0.394 e. The molecule has 0 aromatic heterocycles. The molecule has 5 heteroatoms. The highest BCUT2D eigenvalue weighted by atomic mass is 35.5. The van der Waals surface area contributed by atoms with Crippen molar-refractivity contribution in [3.8, 4) is 0 Å². The number of para-hydroxylation sites is 1. The quantitative estimate of drug-likeness (QED) is 0.883. The molecule has 0 spiro atoms. The van der Waals surface area contributed by atoms with Crippen LogP contribution < -0.4 is 5.32 Å². The van der Waals surface area contributed by atoms with E-state index in [2.05, 4.69) is 5.32 Å². The molecule has 100 valence electrons. The fourth-order valence-electron chi connectivity index (χ4n) is 1.78. The monoisotopic (exact) mass is 299 g/mol. The van der Waals surface area contributed by atoms with Crippen molar-refractivity contribution in [3.63, 3.8) is 0 Å². The Kier molecular flexibility index (Phi) is 4.64. The fraction of sp³-hybridized carbons (Fsp3) is 0.143. The summed E-state index contributed by atoms with van der Waals surface area (Å²) in [4.78, 5) is 0. The molecule has 2 N–H and O–H groups in total. The van der Waals surface area contributed by atoms with Crippen LogP contribution in [-0.2, 0) is 0 Å². The van der Waals surface area contributed by atoms with Crippen LogP contribution in [0.15, 0.2) is 42.5 Å². The molecule has 0 heterocycles. The van der Waals surface area contributed by atoms with Crippen molar-refractivity contribution in [1.29, 1.82) is 0 Å². The second-order valence-corrected chi connectivity index (χ2v) is 4.93. The molecule has 1 atom stereocenters. The van der Waals surface area contributed by atoms with Crippen LogP contribution in [0.25, 0.3) is 0 Å². The van der Waals surface area contributed by atoms with Crippen LogP contribution in [0.1, 0.15) is 11.6 Å². The summed E-state index contributed by atoms with van der Waals surface area (Å²) in [5.74, 6) is -0.380. The minimum Gasteiger partial charge on any atom is -0.394 e. The number of aliphatic hydroxyl groups is 1.